The molecule has 0 aliphatic rings. The highest BCUT2D eigenvalue weighted by molar-refractivity contribution is 5.77. The fourth-order valence-electron chi connectivity index (χ4n) is 1.98. The van der Waals surface area contributed by atoms with E-state index in [0.717, 1.165) is 13.1 Å². The van der Waals surface area contributed by atoms with Crippen molar-refractivity contribution in [1.29, 1.82) is 0 Å². The molecule has 0 aliphatic carbocycles. The highest BCUT2D eigenvalue weighted by atomic mass is 16.5. The first-order valence-corrected chi connectivity index (χ1v) is 7.51. The highest BCUT2D eigenvalue weighted by Gasteiger charge is 2.18. The predicted octanol–water partition coefficient (Wildman–Crippen LogP) is 2.34. The van der Waals surface area contributed by atoms with Gasteiger partial charge < -0.3 is 15.4 Å². The van der Waals surface area contributed by atoms with Crippen molar-refractivity contribution in [2.75, 3.05) is 19.8 Å². The lowest BCUT2D eigenvalue weighted by molar-refractivity contribution is -0.127. The Morgan fingerprint density at radius 2 is 1.90 bits per heavy atom. The molecule has 0 saturated heterocycles. The number of rotatable bonds is 9. The smallest absolute Gasteiger partial charge is 0.246 e. The summed E-state index contributed by atoms with van der Waals surface area (Å²) in [5.74, 6) is -0.0574. The van der Waals surface area contributed by atoms with Crippen molar-refractivity contribution in [2.45, 2.75) is 40.3 Å². The summed E-state index contributed by atoms with van der Waals surface area (Å²) in [5.41, 5.74) is 1.26. The van der Waals surface area contributed by atoms with Crippen molar-refractivity contribution in [3.63, 3.8) is 0 Å². The van der Waals surface area contributed by atoms with Crippen LogP contribution in [-0.4, -0.2) is 31.7 Å². The van der Waals surface area contributed by atoms with Crippen LogP contribution in [0.1, 0.15) is 33.3 Å². The van der Waals surface area contributed by atoms with Crippen LogP contribution in [0.5, 0.6) is 0 Å². The van der Waals surface area contributed by atoms with E-state index in [1.165, 1.54) is 5.56 Å². The second kappa shape index (κ2) is 8.80. The van der Waals surface area contributed by atoms with Crippen LogP contribution in [0.4, 0.5) is 0 Å². The molecule has 0 radical (unpaired) electrons. The average molecular weight is 292 g/mol. The fraction of sp³-hybridized carbons (Fsp3) is 0.588. The topological polar surface area (TPSA) is 50.4 Å². The maximum Gasteiger partial charge on any atom is 0.246 e. The van der Waals surface area contributed by atoms with Gasteiger partial charge in [0.15, 0.2) is 0 Å². The maximum absolute atomic E-state index is 11.5. The van der Waals surface area contributed by atoms with E-state index in [0.29, 0.717) is 6.61 Å². The van der Waals surface area contributed by atoms with Gasteiger partial charge in [0.25, 0.3) is 0 Å². The number of hydrogen-bond donors (Lipinski definition) is 2. The second-order valence-electron chi connectivity index (χ2n) is 6.47. The van der Waals surface area contributed by atoms with Gasteiger partial charge in [-0.2, -0.15) is 0 Å². The molecule has 0 aromatic heterocycles. The van der Waals surface area contributed by atoms with E-state index in [1.807, 2.05) is 32.0 Å². The van der Waals surface area contributed by atoms with Crippen LogP contribution in [0.2, 0.25) is 0 Å². The molecular formula is C17H28N2O2. The number of benzene rings is 1. The summed E-state index contributed by atoms with van der Waals surface area (Å²) in [6.07, 6.45) is 0. The largest absolute Gasteiger partial charge is 0.371 e. The molecule has 0 heterocycles. The van der Waals surface area contributed by atoms with Crippen molar-refractivity contribution in [1.82, 2.24) is 10.6 Å². The molecule has 0 saturated carbocycles. The van der Waals surface area contributed by atoms with Gasteiger partial charge in [-0.3, -0.25) is 4.79 Å². The Morgan fingerprint density at radius 3 is 2.52 bits per heavy atom. The molecule has 0 spiro atoms. The predicted molar refractivity (Wildman–Crippen MR) is 86.0 cm³/mol. The van der Waals surface area contributed by atoms with E-state index in [2.05, 4.69) is 36.6 Å². The van der Waals surface area contributed by atoms with E-state index >= 15 is 0 Å². The van der Waals surface area contributed by atoms with Crippen LogP contribution in [0.3, 0.4) is 0 Å². The monoisotopic (exact) mass is 292 g/mol. The molecule has 118 valence electrons. The number of carbonyl (C=O) groups excluding carboxylic acids is 1. The van der Waals surface area contributed by atoms with Crippen LogP contribution in [0.15, 0.2) is 30.3 Å². The Balaban J connectivity index is 2.19. The van der Waals surface area contributed by atoms with E-state index in [1.54, 1.807) is 0 Å². The van der Waals surface area contributed by atoms with E-state index in [4.69, 9.17) is 4.74 Å². The summed E-state index contributed by atoms with van der Waals surface area (Å²) in [7, 11) is 0. The van der Waals surface area contributed by atoms with Crippen LogP contribution in [0.25, 0.3) is 0 Å². The van der Waals surface area contributed by atoms with Gasteiger partial charge in [-0.25, -0.2) is 0 Å². The third-order valence-electron chi connectivity index (χ3n) is 2.95. The summed E-state index contributed by atoms with van der Waals surface area (Å²) < 4.78 is 5.51. The standard InChI is InChI=1S/C17H28N2O2/c1-14(2)19-16(20)11-21-13-17(3,4)12-18-10-15-8-6-5-7-9-15/h5-9,14,18H,10-13H2,1-4H3,(H,19,20). The average Bonchev–Trinajstić information content (AvgIpc) is 2.38. The second-order valence-corrected chi connectivity index (χ2v) is 6.47. The molecule has 4 heteroatoms. The lowest BCUT2D eigenvalue weighted by Gasteiger charge is -2.25. The van der Waals surface area contributed by atoms with Crippen molar-refractivity contribution >= 4 is 5.91 Å². The minimum atomic E-state index is -0.0574. The summed E-state index contributed by atoms with van der Waals surface area (Å²) in [6.45, 7) is 10.5. The minimum absolute atomic E-state index is 0.00705. The zero-order valence-electron chi connectivity index (χ0n) is 13.6. The zero-order chi connectivity index (χ0) is 15.7. The molecule has 1 rings (SSSR count). The van der Waals surface area contributed by atoms with Gasteiger partial charge in [-0.15, -0.1) is 0 Å². The molecule has 2 N–H and O–H groups in total. The Bertz CT molecular complexity index is 416. The molecule has 0 aliphatic heterocycles. The number of hydrogen-bond acceptors (Lipinski definition) is 3. The number of carbonyl (C=O) groups is 1. The molecule has 1 aromatic carbocycles. The van der Waals surface area contributed by atoms with Gasteiger partial charge in [0, 0.05) is 24.5 Å². The number of nitrogens with one attached hydrogen (secondary N) is 2. The Morgan fingerprint density at radius 1 is 1.24 bits per heavy atom. The Labute approximate surface area is 128 Å². The summed E-state index contributed by atoms with van der Waals surface area (Å²) >= 11 is 0. The lowest BCUT2D eigenvalue weighted by Crippen LogP contribution is -2.36. The third-order valence-corrected chi connectivity index (χ3v) is 2.95. The molecule has 1 aromatic rings. The zero-order valence-corrected chi connectivity index (χ0v) is 13.6. The lowest BCUT2D eigenvalue weighted by atomic mass is 9.95. The van der Waals surface area contributed by atoms with Crippen molar-refractivity contribution in [2.24, 2.45) is 5.41 Å². The van der Waals surface area contributed by atoms with Gasteiger partial charge in [0.2, 0.25) is 5.91 Å². The summed E-state index contributed by atoms with van der Waals surface area (Å²) in [6, 6.07) is 10.5. The quantitative estimate of drug-likeness (QED) is 0.734. The molecule has 1 amide bonds. The highest BCUT2D eigenvalue weighted by Crippen LogP contribution is 2.14. The van der Waals surface area contributed by atoms with Crippen LogP contribution >= 0.6 is 0 Å². The molecule has 0 atom stereocenters. The van der Waals surface area contributed by atoms with Crippen LogP contribution < -0.4 is 10.6 Å². The normalized spacial score (nSPS) is 11.7. The van der Waals surface area contributed by atoms with E-state index < -0.39 is 0 Å². The van der Waals surface area contributed by atoms with Gasteiger partial charge >= 0.3 is 0 Å². The van der Waals surface area contributed by atoms with Gasteiger partial charge in [-0.05, 0) is 19.4 Å². The Kier molecular flexibility index (Phi) is 7.40. The van der Waals surface area contributed by atoms with Gasteiger partial charge in [-0.1, -0.05) is 44.2 Å². The molecule has 4 nitrogen and oxygen atoms in total. The van der Waals surface area contributed by atoms with E-state index in [-0.39, 0.29) is 24.0 Å². The first kappa shape index (κ1) is 17.7. The van der Waals surface area contributed by atoms with Crippen molar-refractivity contribution < 1.29 is 9.53 Å². The van der Waals surface area contributed by atoms with Gasteiger partial charge in [0.05, 0.1) is 6.61 Å². The van der Waals surface area contributed by atoms with Crippen molar-refractivity contribution in [3.05, 3.63) is 35.9 Å². The van der Waals surface area contributed by atoms with Crippen LogP contribution in [-0.2, 0) is 16.1 Å². The number of ether oxygens (including phenoxy) is 1. The molecule has 21 heavy (non-hydrogen) atoms. The first-order chi connectivity index (χ1) is 9.89. The molecule has 0 bridgehead atoms. The Hall–Kier alpha value is -1.39. The fourth-order valence-corrected chi connectivity index (χ4v) is 1.98. The SMILES string of the molecule is CC(C)NC(=O)COCC(C)(C)CNCc1ccccc1. The molecule has 0 fully saturated rings. The minimum Gasteiger partial charge on any atom is -0.371 e. The number of amides is 1. The van der Waals surface area contributed by atoms with Gasteiger partial charge in [0.1, 0.15) is 6.61 Å². The first-order valence-electron chi connectivity index (χ1n) is 7.51. The summed E-state index contributed by atoms with van der Waals surface area (Å²) in [4.78, 5) is 11.5. The van der Waals surface area contributed by atoms with E-state index in [9.17, 15) is 4.79 Å². The molecule has 0 unspecified atom stereocenters. The van der Waals surface area contributed by atoms with Crippen molar-refractivity contribution in [3.8, 4) is 0 Å². The third kappa shape index (κ3) is 8.48. The molecular weight excluding hydrogens is 264 g/mol. The van der Waals surface area contributed by atoms with Crippen LogP contribution in [0, 0.1) is 5.41 Å². The summed E-state index contributed by atoms with van der Waals surface area (Å²) in [5, 5.41) is 6.25. The maximum atomic E-state index is 11.5.